The number of aromatic amines is 1. The summed E-state index contributed by atoms with van der Waals surface area (Å²) in [5, 5.41) is 3.46. The number of hydrogen-bond donors (Lipinski definition) is 2. The Kier molecular flexibility index (Phi) is 4.15. The molecule has 3 rings (SSSR count). The van der Waals surface area contributed by atoms with E-state index in [4.69, 9.17) is 4.74 Å². The van der Waals surface area contributed by atoms with E-state index in [1.165, 1.54) is 5.69 Å². The Morgan fingerprint density at radius 1 is 1.42 bits per heavy atom. The first-order valence-electron chi connectivity index (χ1n) is 7.35. The summed E-state index contributed by atoms with van der Waals surface area (Å²) in [4.78, 5) is 10.5. The Balaban J connectivity index is 1.60. The Labute approximate surface area is 114 Å². The molecule has 2 aliphatic heterocycles. The van der Waals surface area contributed by atoms with Crippen LogP contribution in [0.3, 0.4) is 0 Å². The first-order valence-corrected chi connectivity index (χ1v) is 7.35. The fraction of sp³-hybridized carbons (Fsp3) is 0.786. The van der Waals surface area contributed by atoms with E-state index >= 15 is 0 Å². The maximum Gasteiger partial charge on any atom is 0.107 e. The zero-order valence-electron chi connectivity index (χ0n) is 11.7. The monoisotopic (exact) mass is 264 g/mol. The highest BCUT2D eigenvalue weighted by atomic mass is 16.5. The van der Waals surface area contributed by atoms with Crippen molar-refractivity contribution in [2.45, 2.75) is 31.2 Å². The van der Waals surface area contributed by atoms with Gasteiger partial charge in [-0.15, -0.1) is 0 Å². The van der Waals surface area contributed by atoms with Gasteiger partial charge in [0.05, 0.1) is 0 Å². The van der Waals surface area contributed by atoms with Gasteiger partial charge in [0, 0.05) is 63.1 Å². The minimum atomic E-state index is 0.558. The largest absolute Gasteiger partial charge is 0.381 e. The van der Waals surface area contributed by atoms with Crippen LogP contribution in [0.4, 0.5) is 0 Å². The first kappa shape index (κ1) is 13.1. The molecule has 5 heteroatoms. The molecule has 0 amide bonds. The van der Waals surface area contributed by atoms with E-state index in [1.54, 1.807) is 0 Å². The van der Waals surface area contributed by atoms with Crippen LogP contribution in [0.1, 0.15) is 30.3 Å². The van der Waals surface area contributed by atoms with Gasteiger partial charge in [0.15, 0.2) is 0 Å². The molecule has 1 aromatic rings. The van der Waals surface area contributed by atoms with Gasteiger partial charge < -0.3 is 19.9 Å². The molecule has 2 fully saturated rings. The SMILES string of the molecule is CN1CCNCC1Cc1ncc(C2CCOCC2)[nH]1. The molecule has 0 bridgehead atoms. The first-order chi connectivity index (χ1) is 9.33. The molecule has 1 atom stereocenters. The van der Waals surface area contributed by atoms with Crippen LogP contribution in [-0.2, 0) is 11.2 Å². The highest BCUT2D eigenvalue weighted by molar-refractivity contribution is 5.09. The summed E-state index contributed by atoms with van der Waals surface area (Å²) in [6, 6.07) is 0.558. The number of ether oxygens (including phenoxy) is 1. The predicted molar refractivity (Wildman–Crippen MR) is 74.4 cm³/mol. The number of rotatable bonds is 3. The average molecular weight is 264 g/mol. The van der Waals surface area contributed by atoms with Gasteiger partial charge in [-0.1, -0.05) is 0 Å². The van der Waals surface area contributed by atoms with Crippen molar-refractivity contribution in [2.24, 2.45) is 0 Å². The van der Waals surface area contributed by atoms with Crippen molar-refractivity contribution in [3.05, 3.63) is 17.7 Å². The predicted octanol–water partition coefficient (Wildman–Crippen LogP) is 0.750. The van der Waals surface area contributed by atoms with Gasteiger partial charge in [-0.3, -0.25) is 0 Å². The van der Waals surface area contributed by atoms with Crippen molar-refractivity contribution in [3.63, 3.8) is 0 Å². The smallest absolute Gasteiger partial charge is 0.107 e. The fourth-order valence-electron chi connectivity index (χ4n) is 3.01. The Bertz CT molecular complexity index is 400. The van der Waals surface area contributed by atoms with Crippen molar-refractivity contribution in [2.75, 3.05) is 39.9 Å². The van der Waals surface area contributed by atoms with E-state index in [-0.39, 0.29) is 0 Å². The van der Waals surface area contributed by atoms with Crippen LogP contribution in [0, 0.1) is 0 Å². The summed E-state index contributed by atoms with van der Waals surface area (Å²) in [6.07, 6.45) is 5.27. The fourth-order valence-corrected chi connectivity index (χ4v) is 3.01. The van der Waals surface area contributed by atoms with Crippen molar-refractivity contribution in [3.8, 4) is 0 Å². The molecule has 0 saturated carbocycles. The molecule has 0 spiro atoms. The average Bonchev–Trinajstić information content (AvgIpc) is 2.91. The lowest BCUT2D eigenvalue weighted by atomic mass is 9.97. The lowest BCUT2D eigenvalue weighted by molar-refractivity contribution is 0.0845. The molecular weight excluding hydrogens is 240 g/mol. The number of imidazole rings is 1. The van der Waals surface area contributed by atoms with Crippen LogP contribution in [0.25, 0.3) is 0 Å². The molecule has 2 saturated heterocycles. The summed E-state index contributed by atoms with van der Waals surface area (Å²) in [5.74, 6) is 1.74. The van der Waals surface area contributed by atoms with Gasteiger partial charge in [-0.05, 0) is 19.9 Å². The molecule has 106 valence electrons. The zero-order valence-corrected chi connectivity index (χ0v) is 11.7. The molecule has 19 heavy (non-hydrogen) atoms. The summed E-state index contributed by atoms with van der Waals surface area (Å²) in [6.45, 7) is 5.04. The molecule has 1 unspecified atom stereocenters. The van der Waals surface area contributed by atoms with Gasteiger partial charge >= 0.3 is 0 Å². The lowest BCUT2D eigenvalue weighted by Gasteiger charge is -2.32. The minimum absolute atomic E-state index is 0.558. The standard InChI is InChI=1S/C14H24N4O/c1-18-5-4-15-9-12(18)8-14-16-10-13(17-14)11-2-6-19-7-3-11/h10-12,15H,2-9H2,1H3,(H,16,17). The molecule has 1 aromatic heterocycles. The number of aromatic nitrogens is 2. The number of H-pyrrole nitrogens is 1. The molecule has 2 N–H and O–H groups in total. The minimum Gasteiger partial charge on any atom is -0.381 e. The van der Waals surface area contributed by atoms with E-state index in [2.05, 4.69) is 27.2 Å². The second-order valence-electron chi connectivity index (χ2n) is 5.71. The van der Waals surface area contributed by atoms with E-state index in [0.29, 0.717) is 12.0 Å². The van der Waals surface area contributed by atoms with E-state index in [9.17, 15) is 0 Å². The van der Waals surface area contributed by atoms with Gasteiger partial charge in [0.25, 0.3) is 0 Å². The van der Waals surface area contributed by atoms with Crippen molar-refractivity contribution >= 4 is 0 Å². The molecule has 0 radical (unpaired) electrons. The lowest BCUT2D eigenvalue weighted by Crippen LogP contribution is -2.50. The van der Waals surface area contributed by atoms with Crippen LogP contribution in [0.5, 0.6) is 0 Å². The molecular formula is C14H24N4O. The van der Waals surface area contributed by atoms with Crippen molar-refractivity contribution in [1.82, 2.24) is 20.2 Å². The Morgan fingerprint density at radius 2 is 2.26 bits per heavy atom. The summed E-state index contributed by atoms with van der Waals surface area (Å²) in [5.41, 5.74) is 1.30. The number of piperazine rings is 1. The summed E-state index contributed by atoms with van der Waals surface area (Å²) < 4.78 is 5.41. The quantitative estimate of drug-likeness (QED) is 0.846. The normalized spacial score (nSPS) is 26.7. The third-order valence-electron chi connectivity index (χ3n) is 4.38. The third kappa shape index (κ3) is 3.16. The van der Waals surface area contributed by atoms with E-state index in [1.807, 2.05) is 6.20 Å². The van der Waals surface area contributed by atoms with Crippen molar-refractivity contribution in [1.29, 1.82) is 0 Å². The van der Waals surface area contributed by atoms with Crippen LogP contribution in [0.15, 0.2) is 6.20 Å². The van der Waals surface area contributed by atoms with Gasteiger partial charge in [-0.2, -0.15) is 0 Å². The van der Waals surface area contributed by atoms with Crippen LogP contribution >= 0.6 is 0 Å². The molecule has 0 aromatic carbocycles. The second kappa shape index (κ2) is 6.03. The maximum atomic E-state index is 5.41. The van der Waals surface area contributed by atoms with Crippen LogP contribution in [-0.4, -0.2) is 60.8 Å². The Hall–Kier alpha value is -0.910. The van der Waals surface area contributed by atoms with Crippen molar-refractivity contribution < 1.29 is 4.74 Å². The summed E-state index contributed by atoms with van der Waals surface area (Å²) >= 11 is 0. The van der Waals surface area contributed by atoms with E-state index in [0.717, 1.165) is 57.9 Å². The highest BCUT2D eigenvalue weighted by Gasteiger charge is 2.22. The number of likely N-dealkylation sites (N-methyl/N-ethyl adjacent to an activating group) is 1. The second-order valence-corrected chi connectivity index (χ2v) is 5.71. The number of nitrogens with one attached hydrogen (secondary N) is 2. The summed E-state index contributed by atoms with van der Waals surface area (Å²) in [7, 11) is 2.20. The molecule has 3 heterocycles. The Morgan fingerprint density at radius 3 is 3.05 bits per heavy atom. The van der Waals surface area contributed by atoms with Gasteiger partial charge in [-0.25, -0.2) is 4.98 Å². The van der Waals surface area contributed by atoms with Gasteiger partial charge in [0.2, 0.25) is 0 Å². The van der Waals surface area contributed by atoms with Crippen LogP contribution < -0.4 is 5.32 Å². The number of hydrogen-bond acceptors (Lipinski definition) is 4. The van der Waals surface area contributed by atoms with Crippen LogP contribution in [0.2, 0.25) is 0 Å². The maximum absolute atomic E-state index is 5.41. The molecule has 2 aliphatic rings. The molecule has 5 nitrogen and oxygen atoms in total. The van der Waals surface area contributed by atoms with Gasteiger partial charge in [0.1, 0.15) is 5.82 Å². The highest BCUT2D eigenvalue weighted by Crippen LogP contribution is 2.25. The zero-order chi connectivity index (χ0) is 13.1. The topological polar surface area (TPSA) is 53.2 Å². The number of nitrogens with zero attached hydrogens (tertiary/aromatic N) is 2. The van der Waals surface area contributed by atoms with E-state index < -0.39 is 0 Å². The molecule has 0 aliphatic carbocycles. The third-order valence-corrected chi connectivity index (χ3v) is 4.38.